The Hall–Kier alpha value is -1.62. The van der Waals surface area contributed by atoms with Gasteiger partial charge in [-0.3, -0.25) is 0 Å². The molecule has 0 bridgehead atoms. The fraction of sp³-hybridized carbons (Fsp3) is 0.571. The molecule has 0 unspecified atom stereocenters. The molecule has 0 saturated heterocycles. The Morgan fingerprint density at radius 3 is 2.84 bits per heavy atom. The van der Waals surface area contributed by atoms with E-state index in [4.69, 9.17) is 4.74 Å². The van der Waals surface area contributed by atoms with Gasteiger partial charge in [-0.25, -0.2) is 9.78 Å². The van der Waals surface area contributed by atoms with Crippen molar-refractivity contribution >= 4 is 11.8 Å². The van der Waals surface area contributed by atoms with Gasteiger partial charge in [-0.15, -0.1) is 0 Å². The minimum Gasteiger partial charge on any atom is -0.465 e. The van der Waals surface area contributed by atoms with E-state index < -0.39 is 0 Å². The standard InChI is InChI=1S/C14H21N3O2/c1-9(2)16-13-11(14(18)19-3)8-10-4-6-15-7-5-12(10)17-13/h8-9,15H,4-7H2,1-3H3,(H,16,17). The van der Waals surface area contributed by atoms with Crippen molar-refractivity contribution < 1.29 is 9.53 Å². The molecule has 5 heteroatoms. The number of carbonyl (C=O) groups excluding carboxylic acids is 1. The molecule has 0 radical (unpaired) electrons. The average molecular weight is 263 g/mol. The second-order valence-corrected chi connectivity index (χ2v) is 5.03. The summed E-state index contributed by atoms with van der Waals surface area (Å²) < 4.78 is 4.85. The third-order valence-corrected chi connectivity index (χ3v) is 3.13. The van der Waals surface area contributed by atoms with Gasteiger partial charge in [0.1, 0.15) is 11.4 Å². The minimum atomic E-state index is -0.337. The molecule has 0 saturated carbocycles. The lowest BCUT2D eigenvalue weighted by Gasteiger charge is -2.16. The first-order chi connectivity index (χ1) is 9.11. The van der Waals surface area contributed by atoms with Crippen molar-refractivity contribution in [1.29, 1.82) is 0 Å². The number of esters is 1. The lowest BCUT2D eigenvalue weighted by Crippen LogP contribution is -2.17. The molecule has 1 aromatic rings. The SMILES string of the molecule is COC(=O)c1cc2c(nc1NC(C)C)CCNCC2. The van der Waals surface area contributed by atoms with Gasteiger partial charge >= 0.3 is 5.97 Å². The first kappa shape index (κ1) is 13.8. The number of hydrogen-bond donors (Lipinski definition) is 2. The van der Waals surface area contributed by atoms with Gasteiger partial charge in [-0.05, 0) is 38.4 Å². The maximum Gasteiger partial charge on any atom is 0.341 e. The summed E-state index contributed by atoms with van der Waals surface area (Å²) in [4.78, 5) is 16.5. The highest BCUT2D eigenvalue weighted by Gasteiger charge is 2.19. The van der Waals surface area contributed by atoms with Crippen LogP contribution in [0.15, 0.2) is 6.07 Å². The second-order valence-electron chi connectivity index (χ2n) is 5.03. The van der Waals surface area contributed by atoms with E-state index in [-0.39, 0.29) is 12.0 Å². The number of methoxy groups -OCH3 is 1. The van der Waals surface area contributed by atoms with Crippen LogP contribution >= 0.6 is 0 Å². The number of anilines is 1. The third-order valence-electron chi connectivity index (χ3n) is 3.13. The molecule has 5 nitrogen and oxygen atoms in total. The topological polar surface area (TPSA) is 63.2 Å². The molecule has 0 amide bonds. The number of hydrogen-bond acceptors (Lipinski definition) is 5. The van der Waals surface area contributed by atoms with Crippen LogP contribution in [0.3, 0.4) is 0 Å². The Balaban J connectivity index is 2.44. The molecular formula is C14H21N3O2. The number of aromatic nitrogens is 1. The van der Waals surface area contributed by atoms with Crippen LogP contribution in [-0.2, 0) is 17.6 Å². The van der Waals surface area contributed by atoms with Crippen molar-refractivity contribution in [1.82, 2.24) is 10.3 Å². The molecular weight excluding hydrogens is 242 g/mol. The predicted molar refractivity (Wildman–Crippen MR) is 74.6 cm³/mol. The van der Waals surface area contributed by atoms with Crippen molar-refractivity contribution in [2.24, 2.45) is 0 Å². The maximum absolute atomic E-state index is 11.9. The Bertz CT molecular complexity index is 472. The fourth-order valence-electron chi connectivity index (χ4n) is 2.23. The predicted octanol–water partition coefficient (Wildman–Crippen LogP) is 1.38. The van der Waals surface area contributed by atoms with Crippen LogP contribution in [0.5, 0.6) is 0 Å². The van der Waals surface area contributed by atoms with E-state index in [1.165, 1.54) is 7.11 Å². The van der Waals surface area contributed by atoms with Crippen LogP contribution in [0.1, 0.15) is 35.5 Å². The molecule has 0 aromatic carbocycles. The third kappa shape index (κ3) is 3.23. The van der Waals surface area contributed by atoms with Gasteiger partial charge in [0.15, 0.2) is 0 Å². The van der Waals surface area contributed by atoms with Gasteiger partial charge in [0.2, 0.25) is 0 Å². The number of fused-ring (bicyclic) bond motifs is 1. The summed E-state index contributed by atoms with van der Waals surface area (Å²) in [5.41, 5.74) is 2.73. The van der Waals surface area contributed by atoms with Crippen LogP contribution < -0.4 is 10.6 Å². The molecule has 19 heavy (non-hydrogen) atoms. The van der Waals surface area contributed by atoms with Crippen molar-refractivity contribution in [3.8, 4) is 0 Å². The Morgan fingerprint density at radius 2 is 2.16 bits per heavy atom. The number of pyridine rings is 1. The van der Waals surface area contributed by atoms with Gasteiger partial charge in [0.05, 0.1) is 7.11 Å². The zero-order valence-corrected chi connectivity index (χ0v) is 11.7. The van der Waals surface area contributed by atoms with E-state index >= 15 is 0 Å². The number of carbonyl (C=O) groups is 1. The summed E-state index contributed by atoms with van der Waals surface area (Å²) in [5.74, 6) is 0.290. The number of rotatable bonds is 3. The van der Waals surface area contributed by atoms with Gasteiger partial charge in [0.25, 0.3) is 0 Å². The van der Waals surface area contributed by atoms with Gasteiger partial charge in [-0.2, -0.15) is 0 Å². The van der Waals surface area contributed by atoms with Crippen LogP contribution in [0.25, 0.3) is 0 Å². The van der Waals surface area contributed by atoms with Crippen molar-refractivity contribution in [2.75, 3.05) is 25.5 Å². The molecule has 0 aliphatic carbocycles. The lowest BCUT2D eigenvalue weighted by molar-refractivity contribution is 0.0601. The molecule has 2 heterocycles. The van der Waals surface area contributed by atoms with E-state index in [0.717, 1.165) is 37.2 Å². The molecule has 2 rings (SSSR count). The molecule has 2 N–H and O–H groups in total. The quantitative estimate of drug-likeness (QED) is 0.807. The zero-order valence-electron chi connectivity index (χ0n) is 11.7. The fourth-order valence-corrected chi connectivity index (χ4v) is 2.23. The molecule has 1 aliphatic heterocycles. The zero-order chi connectivity index (χ0) is 13.8. The summed E-state index contributed by atoms with van der Waals surface area (Å²) in [6, 6.07) is 2.14. The van der Waals surface area contributed by atoms with Gasteiger partial charge < -0.3 is 15.4 Å². The summed E-state index contributed by atoms with van der Waals surface area (Å²) in [7, 11) is 1.40. The Morgan fingerprint density at radius 1 is 1.42 bits per heavy atom. The Labute approximate surface area is 113 Å². The Kier molecular flexibility index (Phi) is 4.37. The van der Waals surface area contributed by atoms with Crippen LogP contribution in [0.4, 0.5) is 5.82 Å². The molecule has 1 aromatic heterocycles. The minimum absolute atomic E-state index is 0.220. The second kappa shape index (κ2) is 6.02. The van der Waals surface area contributed by atoms with Gasteiger partial charge in [-0.1, -0.05) is 0 Å². The first-order valence-electron chi connectivity index (χ1n) is 6.70. The largest absolute Gasteiger partial charge is 0.465 e. The number of nitrogens with zero attached hydrogens (tertiary/aromatic N) is 1. The normalized spacial score (nSPS) is 14.7. The van der Waals surface area contributed by atoms with Gasteiger partial charge in [0, 0.05) is 24.7 Å². The highest BCUT2D eigenvalue weighted by molar-refractivity contribution is 5.94. The van der Waals surface area contributed by atoms with Crippen LogP contribution in [0, 0.1) is 0 Å². The monoisotopic (exact) mass is 263 g/mol. The van der Waals surface area contributed by atoms with E-state index in [1.54, 1.807) is 0 Å². The van der Waals surface area contributed by atoms with Crippen LogP contribution in [0.2, 0.25) is 0 Å². The lowest BCUT2D eigenvalue weighted by atomic mass is 10.1. The highest BCUT2D eigenvalue weighted by Crippen LogP contribution is 2.21. The highest BCUT2D eigenvalue weighted by atomic mass is 16.5. The number of ether oxygens (including phenoxy) is 1. The van der Waals surface area contributed by atoms with E-state index in [1.807, 2.05) is 19.9 Å². The molecule has 104 valence electrons. The molecule has 0 fully saturated rings. The van der Waals surface area contributed by atoms with Crippen molar-refractivity contribution in [3.63, 3.8) is 0 Å². The molecule has 1 aliphatic rings. The number of nitrogens with one attached hydrogen (secondary N) is 2. The summed E-state index contributed by atoms with van der Waals surface area (Å²) in [5, 5.41) is 6.57. The summed E-state index contributed by atoms with van der Waals surface area (Å²) >= 11 is 0. The smallest absolute Gasteiger partial charge is 0.341 e. The van der Waals surface area contributed by atoms with E-state index in [0.29, 0.717) is 11.4 Å². The van der Waals surface area contributed by atoms with E-state index in [9.17, 15) is 4.79 Å². The maximum atomic E-state index is 11.9. The van der Waals surface area contributed by atoms with Crippen LogP contribution in [-0.4, -0.2) is 37.2 Å². The average Bonchev–Trinajstić information content (AvgIpc) is 2.61. The summed E-state index contributed by atoms with van der Waals surface area (Å²) in [6.07, 6.45) is 1.79. The summed E-state index contributed by atoms with van der Waals surface area (Å²) in [6.45, 7) is 5.90. The van der Waals surface area contributed by atoms with Crippen molar-refractivity contribution in [3.05, 3.63) is 22.9 Å². The molecule has 0 spiro atoms. The van der Waals surface area contributed by atoms with Crippen molar-refractivity contribution in [2.45, 2.75) is 32.7 Å². The molecule has 0 atom stereocenters. The van der Waals surface area contributed by atoms with E-state index in [2.05, 4.69) is 15.6 Å². The first-order valence-corrected chi connectivity index (χ1v) is 6.70.